The first-order valence-electron chi connectivity index (χ1n) is 5.85. The molecule has 0 amide bonds. The van der Waals surface area contributed by atoms with Gasteiger partial charge in [0.05, 0.1) is 5.56 Å². The third-order valence-corrected chi connectivity index (χ3v) is 4.27. The molecule has 4 nitrogen and oxygen atoms in total. The Bertz CT molecular complexity index is 391. The molecule has 2 unspecified atom stereocenters. The molecule has 1 aromatic rings. The molecule has 0 spiro atoms. The van der Waals surface area contributed by atoms with Crippen molar-refractivity contribution in [3.8, 4) is 0 Å². The van der Waals surface area contributed by atoms with Gasteiger partial charge in [-0.3, -0.25) is 0 Å². The maximum Gasteiger partial charge on any atom is 0.336 e. The number of hydrogen-bond acceptors (Lipinski definition) is 4. The zero-order valence-electron chi connectivity index (χ0n) is 9.56. The number of aromatic carboxylic acids is 1. The number of hydrogen-bond donors (Lipinski definition) is 3. The summed E-state index contributed by atoms with van der Waals surface area (Å²) in [4.78, 5) is 11.8. The van der Waals surface area contributed by atoms with E-state index in [1.165, 1.54) is 11.3 Å². The van der Waals surface area contributed by atoms with Gasteiger partial charge in [-0.25, -0.2) is 4.79 Å². The number of aliphatic hydroxyl groups excluding tert-OH is 1. The molecule has 94 valence electrons. The number of nitrogens with one attached hydrogen (secondary N) is 1. The minimum atomic E-state index is -0.874. The van der Waals surface area contributed by atoms with Crippen LogP contribution in [0.3, 0.4) is 0 Å². The van der Waals surface area contributed by atoms with Gasteiger partial charge in [0.1, 0.15) is 0 Å². The molecule has 0 aliphatic heterocycles. The lowest BCUT2D eigenvalue weighted by Crippen LogP contribution is -2.33. The van der Waals surface area contributed by atoms with Gasteiger partial charge in [0, 0.05) is 29.5 Å². The number of carboxylic acid groups (broad SMARTS) is 1. The van der Waals surface area contributed by atoms with Crippen molar-refractivity contribution in [3.05, 3.63) is 21.9 Å². The van der Waals surface area contributed by atoms with Crippen molar-refractivity contribution in [2.75, 3.05) is 6.61 Å². The Morgan fingerprint density at radius 3 is 3.00 bits per heavy atom. The molecular weight excluding hydrogens is 238 g/mol. The Hall–Kier alpha value is -0.910. The lowest BCUT2D eigenvalue weighted by atomic mass is 10.1. The lowest BCUT2D eigenvalue weighted by molar-refractivity contribution is 0.0697. The van der Waals surface area contributed by atoms with E-state index in [-0.39, 0.29) is 6.61 Å². The van der Waals surface area contributed by atoms with E-state index in [1.54, 1.807) is 11.4 Å². The first kappa shape index (κ1) is 12.5. The van der Waals surface area contributed by atoms with E-state index in [0.717, 1.165) is 24.1 Å². The molecule has 1 aliphatic carbocycles. The predicted molar refractivity (Wildman–Crippen MR) is 66.3 cm³/mol. The third-order valence-electron chi connectivity index (χ3n) is 3.33. The molecule has 1 fully saturated rings. The molecule has 0 radical (unpaired) electrons. The summed E-state index contributed by atoms with van der Waals surface area (Å²) in [5.41, 5.74) is 0.358. The summed E-state index contributed by atoms with van der Waals surface area (Å²) in [5, 5.41) is 23.1. The van der Waals surface area contributed by atoms with Crippen molar-refractivity contribution in [1.29, 1.82) is 0 Å². The standard InChI is InChI=1S/C12H17NO3S/c14-6-8-2-1-3-11(8)13-5-10-4-9(7-17-10)12(15)16/h4,7-8,11,13-14H,1-3,5-6H2,(H,15,16). The van der Waals surface area contributed by atoms with Crippen molar-refractivity contribution < 1.29 is 15.0 Å². The summed E-state index contributed by atoms with van der Waals surface area (Å²) in [5.74, 6) is -0.518. The van der Waals surface area contributed by atoms with Crippen LogP contribution in [0.2, 0.25) is 0 Å². The lowest BCUT2D eigenvalue weighted by Gasteiger charge is -2.18. The normalized spacial score (nSPS) is 24.1. The van der Waals surface area contributed by atoms with E-state index >= 15 is 0 Å². The number of thiophene rings is 1. The number of carboxylic acids is 1. The molecule has 2 rings (SSSR count). The molecule has 1 aromatic heterocycles. The summed E-state index contributed by atoms with van der Waals surface area (Å²) >= 11 is 1.46. The molecule has 1 heterocycles. The van der Waals surface area contributed by atoms with Crippen molar-refractivity contribution in [2.45, 2.75) is 31.8 Å². The Kier molecular flexibility index (Phi) is 4.15. The van der Waals surface area contributed by atoms with Gasteiger partial charge < -0.3 is 15.5 Å². The summed E-state index contributed by atoms with van der Waals surface area (Å²) < 4.78 is 0. The Morgan fingerprint density at radius 2 is 2.35 bits per heavy atom. The molecule has 0 bridgehead atoms. The van der Waals surface area contributed by atoms with Crippen LogP contribution in [0.25, 0.3) is 0 Å². The maximum atomic E-state index is 10.7. The molecule has 1 aliphatic rings. The average molecular weight is 255 g/mol. The smallest absolute Gasteiger partial charge is 0.336 e. The van der Waals surface area contributed by atoms with Crippen LogP contribution in [0.4, 0.5) is 0 Å². The summed E-state index contributed by atoms with van der Waals surface area (Å²) in [6, 6.07) is 2.08. The number of rotatable bonds is 5. The summed E-state index contributed by atoms with van der Waals surface area (Å²) in [7, 11) is 0. The van der Waals surface area contributed by atoms with E-state index in [0.29, 0.717) is 24.1 Å². The molecule has 17 heavy (non-hydrogen) atoms. The fraction of sp³-hybridized carbons (Fsp3) is 0.583. The van der Waals surface area contributed by atoms with Gasteiger partial charge in [0.2, 0.25) is 0 Å². The number of aliphatic hydroxyl groups is 1. The van der Waals surface area contributed by atoms with E-state index in [2.05, 4.69) is 5.32 Å². The molecule has 3 N–H and O–H groups in total. The Morgan fingerprint density at radius 1 is 1.53 bits per heavy atom. The van der Waals surface area contributed by atoms with E-state index < -0.39 is 5.97 Å². The van der Waals surface area contributed by atoms with Gasteiger partial charge in [-0.15, -0.1) is 11.3 Å². The quantitative estimate of drug-likeness (QED) is 0.749. The second-order valence-corrected chi connectivity index (χ2v) is 5.46. The molecule has 1 saturated carbocycles. The van der Waals surface area contributed by atoms with Crippen LogP contribution < -0.4 is 5.32 Å². The highest BCUT2D eigenvalue weighted by molar-refractivity contribution is 7.10. The molecule has 5 heteroatoms. The molecule has 2 atom stereocenters. The van der Waals surface area contributed by atoms with Gasteiger partial charge >= 0.3 is 5.97 Å². The summed E-state index contributed by atoms with van der Waals surface area (Å²) in [6.07, 6.45) is 3.34. The fourth-order valence-electron chi connectivity index (χ4n) is 2.34. The van der Waals surface area contributed by atoms with Gasteiger partial charge in [-0.1, -0.05) is 6.42 Å². The molecule has 0 aromatic carbocycles. The zero-order chi connectivity index (χ0) is 12.3. The highest BCUT2D eigenvalue weighted by atomic mass is 32.1. The van der Waals surface area contributed by atoms with E-state index in [9.17, 15) is 9.90 Å². The van der Waals surface area contributed by atoms with Crippen molar-refractivity contribution in [1.82, 2.24) is 5.32 Å². The summed E-state index contributed by atoms with van der Waals surface area (Å²) in [6.45, 7) is 0.932. The van der Waals surface area contributed by atoms with Crippen LogP contribution in [0.5, 0.6) is 0 Å². The predicted octanol–water partition coefficient (Wildman–Crippen LogP) is 1.70. The Balaban J connectivity index is 1.86. The second-order valence-electron chi connectivity index (χ2n) is 4.47. The second kappa shape index (κ2) is 5.62. The zero-order valence-corrected chi connectivity index (χ0v) is 10.4. The van der Waals surface area contributed by atoms with Crippen molar-refractivity contribution in [2.24, 2.45) is 5.92 Å². The molecule has 0 saturated heterocycles. The number of carbonyl (C=O) groups is 1. The molecular formula is C12H17NO3S. The fourth-order valence-corrected chi connectivity index (χ4v) is 3.15. The first-order valence-corrected chi connectivity index (χ1v) is 6.73. The van der Waals surface area contributed by atoms with Gasteiger partial charge in [0.15, 0.2) is 0 Å². The SMILES string of the molecule is O=C(O)c1csc(CNC2CCCC2CO)c1. The van der Waals surface area contributed by atoms with Crippen LogP contribution in [0.1, 0.15) is 34.5 Å². The van der Waals surface area contributed by atoms with Crippen LogP contribution in [0.15, 0.2) is 11.4 Å². The van der Waals surface area contributed by atoms with Gasteiger partial charge in [0.25, 0.3) is 0 Å². The monoisotopic (exact) mass is 255 g/mol. The Labute approximate surface area is 104 Å². The first-order chi connectivity index (χ1) is 8.20. The largest absolute Gasteiger partial charge is 0.478 e. The van der Waals surface area contributed by atoms with E-state index in [4.69, 9.17) is 5.11 Å². The highest BCUT2D eigenvalue weighted by Gasteiger charge is 2.25. The maximum absolute atomic E-state index is 10.7. The van der Waals surface area contributed by atoms with Crippen LogP contribution >= 0.6 is 11.3 Å². The highest BCUT2D eigenvalue weighted by Crippen LogP contribution is 2.25. The van der Waals surface area contributed by atoms with Crippen LogP contribution in [0, 0.1) is 5.92 Å². The van der Waals surface area contributed by atoms with Crippen LogP contribution in [-0.2, 0) is 6.54 Å². The minimum Gasteiger partial charge on any atom is -0.478 e. The average Bonchev–Trinajstić information content (AvgIpc) is 2.95. The minimum absolute atomic E-state index is 0.239. The third kappa shape index (κ3) is 3.06. The van der Waals surface area contributed by atoms with Crippen LogP contribution in [-0.4, -0.2) is 28.8 Å². The van der Waals surface area contributed by atoms with Gasteiger partial charge in [-0.2, -0.15) is 0 Å². The van der Waals surface area contributed by atoms with Gasteiger partial charge in [-0.05, 0) is 24.8 Å². The van der Waals surface area contributed by atoms with E-state index in [1.807, 2.05) is 0 Å². The topological polar surface area (TPSA) is 69.6 Å². The van der Waals surface area contributed by atoms with Crippen molar-refractivity contribution >= 4 is 17.3 Å². The van der Waals surface area contributed by atoms with Crippen molar-refractivity contribution in [3.63, 3.8) is 0 Å².